The molecule has 0 aromatic carbocycles. The molecule has 5 nitrogen and oxygen atoms in total. The average molecular weight is 168 g/mol. The normalized spacial score (nSPS) is 12.5. The van der Waals surface area contributed by atoms with Crippen molar-refractivity contribution in [2.24, 2.45) is 0 Å². The number of aliphatic hydroxyl groups is 1. The van der Waals surface area contributed by atoms with Crippen molar-refractivity contribution in [3.8, 4) is 0 Å². The molecule has 0 fully saturated rings. The molecular weight excluding hydrogens is 160 g/mol. The number of pyridine rings is 1. The monoisotopic (exact) mass is 168 g/mol. The Morgan fingerprint density at radius 1 is 1.75 bits per heavy atom. The Bertz CT molecular complexity index is 298. The number of aromatic nitrogens is 1. The lowest BCUT2D eigenvalue weighted by molar-refractivity contribution is -0.390. The van der Waals surface area contributed by atoms with Crippen molar-refractivity contribution in [3.05, 3.63) is 34.0 Å². The highest BCUT2D eigenvalue weighted by Crippen LogP contribution is 2.20. The van der Waals surface area contributed by atoms with Crippen molar-refractivity contribution in [2.75, 3.05) is 0 Å². The van der Waals surface area contributed by atoms with Gasteiger partial charge in [0.15, 0.2) is 0 Å². The van der Waals surface area contributed by atoms with Gasteiger partial charge in [-0.05, 0) is 29.0 Å². The first-order valence-corrected chi connectivity index (χ1v) is 3.40. The molecule has 1 rings (SSSR count). The maximum absolute atomic E-state index is 10.4. The zero-order valence-corrected chi connectivity index (χ0v) is 6.47. The quantitative estimate of drug-likeness (QED) is 0.528. The molecule has 0 aliphatic carbocycles. The van der Waals surface area contributed by atoms with Gasteiger partial charge < -0.3 is 15.2 Å². The van der Waals surface area contributed by atoms with Crippen molar-refractivity contribution in [3.63, 3.8) is 0 Å². The predicted molar refractivity (Wildman–Crippen MR) is 41.5 cm³/mol. The molecule has 0 radical (unpaired) electrons. The van der Waals surface area contributed by atoms with E-state index >= 15 is 0 Å². The summed E-state index contributed by atoms with van der Waals surface area (Å²) in [4.78, 5) is 13.3. The van der Waals surface area contributed by atoms with Gasteiger partial charge in [0.25, 0.3) is 0 Å². The fourth-order valence-electron chi connectivity index (χ4n) is 0.888. The minimum absolute atomic E-state index is 0.238. The van der Waals surface area contributed by atoms with Crippen molar-refractivity contribution in [1.82, 2.24) is 4.98 Å². The largest absolute Gasteiger partial charge is 0.388 e. The molecule has 0 aliphatic heterocycles. The van der Waals surface area contributed by atoms with Gasteiger partial charge in [0, 0.05) is 0 Å². The zero-order valence-electron chi connectivity index (χ0n) is 6.47. The molecule has 12 heavy (non-hydrogen) atoms. The summed E-state index contributed by atoms with van der Waals surface area (Å²) in [6, 6.07) is 3.03. The molecule has 0 aliphatic rings. The number of nitrogens with zero attached hydrogens (tertiary/aromatic N) is 2. The fourth-order valence-corrected chi connectivity index (χ4v) is 0.888. The van der Waals surface area contributed by atoms with E-state index in [1.165, 1.54) is 19.2 Å². The molecule has 1 heterocycles. The van der Waals surface area contributed by atoms with Crippen LogP contribution in [0.3, 0.4) is 0 Å². The molecule has 0 saturated carbocycles. The molecule has 5 heteroatoms. The van der Waals surface area contributed by atoms with Gasteiger partial charge in [0.05, 0.1) is 11.7 Å². The van der Waals surface area contributed by atoms with Crippen LogP contribution in [0.4, 0.5) is 5.82 Å². The summed E-state index contributed by atoms with van der Waals surface area (Å²) >= 11 is 0. The Morgan fingerprint density at radius 3 is 2.83 bits per heavy atom. The van der Waals surface area contributed by atoms with Crippen LogP contribution in [0.1, 0.15) is 18.6 Å². The number of hydrogen-bond donors (Lipinski definition) is 1. The third-order valence-corrected chi connectivity index (χ3v) is 1.44. The van der Waals surface area contributed by atoms with E-state index in [2.05, 4.69) is 4.98 Å². The Labute approximate surface area is 68.8 Å². The van der Waals surface area contributed by atoms with Crippen LogP contribution in [0, 0.1) is 10.1 Å². The minimum atomic E-state index is -0.862. The first-order chi connectivity index (χ1) is 5.63. The molecule has 0 spiro atoms. The molecule has 1 unspecified atom stereocenters. The molecule has 0 saturated heterocycles. The van der Waals surface area contributed by atoms with Gasteiger partial charge in [-0.25, -0.2) is 0 Å². The van der Waals surface area contributed by atoms with Crippen LogP contribution in [0.2, 0.25) is 0 Å². The first-order valence-electron chi connectivity index (χ1n) is 3.40. The van der Waals surface area contributed by atoms with Gasteiger partial charge in [0.1, 0.15) is 6.20 Å². The van der Waals surface area contributed by atoms with Crippen LogP contribution in [0.15, 0.2) is 18.3 Å². The predicted octanol–water partition coefficient (Wildman–Crippen LogP) is 1.04. The Balaban J connectivity index is 3.17. The number of aliphatic hydroxyl groups excluding tert-OH is 1. The van der Waals surface area contributed by atoms with Gasteiger partial charge in [-0.2, -0.15) is 0 Å². The van der Waals surface area contributed by atoms with E-state index < -0.39 is 11.0 Å². The summed E-state index contributed by atoms with van der Waals surface area (Å²) < 4.78 is 0. The molecule has 1 N–H and O–H groups in total. The molecular formula is C7H8N2O3. The maximum Gasteiger partial charge on any atom is 0.369 e. The summed E-state index contributed by atoms with van der Waals surface area (Å²) in [5.74, 6) is -0.285. The lowest BCUT2D eigenvalue weighted by Gasteiger charge is -2.03. The minimum Gasteiger partial charge on any atom is -0.388 e. The van der Waals surface area contributed by atoms with Crippen LogP contribution in [0.25, 0.3) is 0 Å². The molecule has 0 bridgehead atoms. The van der Waals surface area contributed by atoms with Crippen LogP contribution >= 0.6 is 0 Å². The summed E-state index contributed by atoms with van der Waals surface area (Å²) in [6.07, 6.45) is 0.461. The molecule has 64 valence electrons. The van der Waals surface area contributed by atoms with Crippen molar-refractivity contribution < 1.29 is 10.0 Å². The summed E-state index contributed by atoms with van der Waals surface area (Å²) in [6.45, 7) is 1.46. The van der Waals surface area contributed by atoms with E-state index in [9.17, 15) is 10.1 Å². The standard InChI is InChI=1S/C7H8N2O3/c1-5(10)6-3-2-4-8-7(6)9(11)12/h2-5,10H,1H3. The third kappa shape index (κ3) is 1.57. The second-order valence-corrected chi connectivity index (χ2v) is 2.35. The number of nitro groups is 1. The SMILES string of the molecule is CC(O)c1cccnc1[N+](=O)[O-]. The summed E-state index contributed by atoms with van der Waals surface area (Å²) in [5, 5.41) is 19.5. The van der Waals surface area contributed by atoms with Crippen molar-refractivity contribution in [2.45, 2.75) is 13.0 Å². The first kappa shape index (κ1) is 8.61. The third-order valence-electron chi connectivity index (χ3n) is 1.44. The second-order valence-electron chi connectivity index (χ2n) is 2.35. The van der Waals surface area contributed by atoms with Gasteiger partial charge in [0.2, 0.25) is 0 Å². The van der Waals surface area contributed by atoms with E-state index in [0.717, 1.165) is 0 Å². The molecule has 0 amide bonds. The Hall–Kier alpha value is -1.49. The Kier molecular flexibility index (Phi) is 2.35. The van der Waals surface area contributed by atoms with E-state index in [-0.39, 0.29) is 11.4 Å². The lowest BCUT2D eigenvalue weighted by atomic mass is 10.2. The van der Waals surface area contributed by atoms with Crippen LogP contribution in [-0.2, 0) is 0 Å². The van der Waals surface area contributed by atoms with Gasteiger partial charge in [-0.15, -0.1) is 0 Å². The number of hydrogen-bond acceptors (Lipinski definition) is 4. The highest BCUT2D eigenvalue weighted by Gasteiger charge is 2.17. The molecule has 1 aromatic rings. The topological polar surface area (TPSA) is 76.3 Å². The van der Waals surface area contributed by atoms with E-state index in [4.69, 9.17) is 5.11 Å². The van der Waals surface area contributed by atoms with Crippen molar-refractivity contribution >= 4 is 5.82 Å². The highest BCUT2D eigenvalue weighted by atomic mass is 16.6. The highest BCUT2D eigenvalue weighted by molar-refractivity contribution is 5.33. The fraction of sp³-hybridized carbons (Fsp3) is 0.286. The van der Waals surface area contributed by atoms with Gasteiger partial charge >= 0.3 is 5.82 Å². The van der Waals surface area contributed by atoms with E-state index in [1.807, 2.05) is 0 Å². The molecule has 1 aromatic heterocycles. The second kappa shape index (κ2) is 3.27. The van der Waals surface area contributed by atoms with Crippen molar-refractivity contribution in [1.29, 1.82) is 0 Å². The average Bonchev–Trinajstić information content (AvgIpc) is 2.04. The van der Waals surface area contributed by atoms with Crippen LogP contribution in [0.5, 0.6) is 0 Å². The Morgan fingerprint density at radius 2 is 2.42 bits per heavy atom. The lowest BCUT2D eigenvalue weighted by Crippen LogP contribution is -2.00. The maximum atomic E-state index is 10.4. The summed E-state index contributed by atoms with van der Waals surface area (Å²) in [7, 11) is 0. The van der Waals surface area contributed by atoms with Crippen LogP contribution < -0.4 is 0 Å². The number of rotatable bonds is 2. The molecule has 1 atom stereocenters. The van der Waals surface area contributed by atoms with E-state index in [1.54, 1.807) is 6.07 Å². The van der Waals surface area contributed by atoms with Gasteiger partial charge in [-0.3, -0.25) is 0 Å². The smallest absolute Gasteiger partial charge is 0.369 e. The van der Waals surface area contributed by atoms with Gasteiger partial charge in [-0.1, -0.05) is 0 Å². The zero-order chi connectivity index (χ0) is 9.14. The summed E-state index contributed by atoms with van der Waals surface area (Å²) in [5.41, 5.74) is 0.238. The van der Waals surface area contributed by atoms with E-state index in [0.29, 0.717) is 0 Å². The van der Waals surface area contributed by atoms with Crippen LogP contribution in [-0.4, -0.2) is 15.0 Å².